The van der Waals surface area contributed by atoms with E-state index in [-0.39, 0.29) is 24.9 Å². The Balaban J connectivity index is 5.12. The van der Waals surface area contributed by atoms with Crippen LogP contribution < -0.4 is 10.2 Å². The molecule has 0 radical (unpaired) electrons. The summed E-state index contributed by atoms with van der Waals surface area (Å²) < 4.78 is 30.4. The van der Waals surface area contributed by atoms with E-state index in [0.29, 0.717) is 17.4 Å². The van der Waals surface area contributed by atoms with Crippen molar-refractivity contribution in [3.63, 3.8) is 0 Å². The number of hydrogen-bond acceptors (Lipinski definition) is 7. The van der Waals surface area contributed by atoms with Crippen molar-refractivity contribution in [3.05, 3.63) is 97.2 Å². The third-order valence-electron chi connectivity index (χ3n) is 14.7. The second-order valence-corrected chi connectivity index (χ2v) is 25.4. The third kappa shape index (κ3) is 61.5. The van der Waals surface area contributed by atoms with Crippen LogP contribution in [0.25, 0.3) is 0 Å². The van der Waals surface area contributed by atoms with Crippen molar-refractivity contribution in [2.75, 3.05) is 40.9 Å². The van der Waals surface area contributed by atoms with Crippen LogP contribution in [-0.2, 0) is 27.9 Å². The van der Waals surface area contributed by atoms with Crippen LogP contribution in [-0.4, -0.2) is 69.4 Å². The average Bonchev–Trinajstić information content (AvgIpc) is 3.45. The molecule has 0 aromatic rings. The summed E-state index contributed by atoms with van der Waals surface area (Å²) in [5, 5.41) is 3.03. The minimum Gasteiger partial charge on any atom is -0.756 e. The fourth-order valence-electron chi connectivity index (χ4n) is 9.52. The minimum absolute atomic E-state index is 0.0292. The fraction of sp³-hybridized carbons (Fsp3) is 0.750. The van der Waals surface area contributed by atoms with Gasteiger partial charge in [0, 0.05) is 12.8 Å². The highest BCUT2D eigenvalue weighted by molar-refractivity contribution is 7.45. The van der Waals surface area contributed by atoms with Crippen molar-refractivity contribution in [1.29, 1.82) is 0 Å². The van der Waals surface area contributed by atoms with Gasteiger partial charge in [0.25, 0.3) is 7.82 Å². The Labute approximate surface area is 507 Å². The van der Waals surface area contributed by atoms with Crippen molar-refractivity contribution in [1.82, 2.24) is 5.32 Å². The topological polar surface area (TPSA) is 114 Å². The number of hydrogen-bond donors (Lipinski definition) is 1. The van der Waals surface area contributed by atoms with Gasteiger partial charge in [-0.15, -0.1) is 0 Å². The molecule has 1 N–H and O–H groups in total. The molecular weight excluding hydrogens is 1040 g/mol. The summed E-state index contributed by atoms with van der Waals surface area (Å²) in [6, 6.07) is -0.902. The van der Waals surface area contributed by atoms with E-state index < -0.39 is 26.6 Å². The second kappa shape index (κ2) is 61.0. The average molecular weight is 1170 g/mol. The van der Waals surface area contributed by atoms with Gasteiger partial charge >= 0.3 is 5.97 Å². The van der Waals surface area contributed by atoms with Gasteiger partial charge in [0.05, 0.1) is 33.8 Å². The molecular formula is C72H129N2O7P. The molecule has 0 aromatic heterocycles. The summed E-state index contributed by atoms with van der Waals surface area (Å²) in [7, 11) is 1.17. The molecule has 10 heteroatoms. The van der Waals surface area contributed by atoms with E-state index >= 15 is 0 Å². The Morgan fingerprint density at radius 2 is 0.780 bits per heavy atom. The number of unbranched alkanes of at least 4 members (excludes halogenated alkanes) is 31. The highest BCUT2D eigenvalue weighted by Gasteiger charge is 2.27. The van der Waals surface area contributed by atoms with Gasteiger partial charge in [0.15, 0.2) is 0 Å². The van der Waals surface area contributed by atoms with Crippen LogP contribution in [0, 0.1) is 0 Å². The van der Waals surface area contributed by atoms with Gasteiger partial charge in [0.1, 0.15) is 19.3 Å². The van der Waals surface area contributed by atoms with E-state index in [1.807, 2.05) is 33.3 Å². The molecule has 0 rings (SSSR count). The number of rotatable bonds is 61. The Kier molecular flexibility index (Phi) is 58.7. The first-order chi connectivity index (χ1) is 39.9. The molecule has 3 unspecified atom stereocenters. The standard InChI is InChI=1S/C72H129N2O7P/c1-7-10-13-16-19-22-25-28-30-32-33-34-35-36-37-38-39-40-41-42-44-47-50-53-56-59-62-65-72(76)81-70(63-60-57-54-51-48-45-27-24-21-18-15-12-9-3)69(68-80-82(77,78)79-67-66-74(4,5)6)73-71(75)64-61-58-55-52-49-46-43-31-29-26-23-20-17-14-11-8-2/h11,14,19-20,22-23,28-31,33-34,36-37,60,63,69-70H,7-10,12-13,15-18,21,24-27,32,35,38-59,61-62,64-68H2,1-6H3,(H-,73,75,77,78)/b14-11+,22-19-,23-20+,30-28-,31-29+,34-33-,37-36-,63-60-. The van der Waals surface area contributed by atoms with Crippen LogP contribution in [0.2, 0.25) is 0 Å². The number of allylic oxidation sites excluding steroid dienone is 15. The third-order valence-corrected chi connectivity index (χ3v) is 15.7. The lowest BCUT2D eigenvalue weighted by Crippen LogP contribution is -2.47. The van der Waals surface area contributed by atoms with Crippen LogP contribution in [0.1, 0.15) is 297 Å². The molecule has 9 nitrogen and oxygen atoms in total. The van der Waals surface area contributed by atoms with Gasteiger partial charge in [-0.2, -0.15) is 0 Å². The van der Waals surface area contributed by atoms with Crippen molar-refractivity contribution in [2.45, 2.75) is 309 Å². The van der Waals surface area contributed by atoms with E-state index in [1.165, 1.54) is 135 Å². The molecule has 3 atom stereocenters. The Morgan fingerprint density at radius 1 is 0.439 bits per heavy atom. The van der Waals surface area contributed by atoms with Gasteiger partial charge in [0.2, 0.25) is 5.91 Å². The van der Waals surface area contributed by atoms with Gasteiger partial charge in [-0.3, -0.25) is 14.2 Å². The number of quaternary nitrogens is 1. The van der Waals surface area contributed by atoms with Crippen molar-refractivity contribution in [3.8, 4) is 0 Å². The van der Waals surface area contributed by atoms with E-state index in [2.05, 4.69) is 111 Å². The Bertz CT molecular complexity index is 1720. The molecule has 0 aliphatic heterocycles. The minimum atomic E-state index is -4.71. The quantitative estimate of drug-likeness (QED) is 0.0212. The number of phosphoric acid groups is 1. The zero-order chi connectivity index (χ0) is 60.0. The summed E-state index contributed by atoms with van der Waals surface area (Å²) >= 11 is 0. The van der Waals surface area contributed by atoms with Gasteiger partial charge in [-0.05, 0) is 109 Å². The maximum absolute atomic E-state index is 13.6. The molecule has 0 aromatic carbocycles. The van der Waals surface area contributed by atoms with E-state index in [9.17, 15) is 19.0 Å². The molecule has 1 amide bonds. The van der Waals surface area contributed by atoms with Gasteiger partial charge in [-0.25, -0.2) is 0 Å². The number of carbonyl (C=O) groups excluding carboxylic acids is 2. The van der Waals surface area contributed by atoms with Crippen molar-refractivity contribution in [2.24, 2.45) is 0 Å². The first-order valence-electron chi connectivity index (χ1n) is 34.0. The lowest BCUT2D eigenvalue weighted by atomic mass is 10.0. The maximum Gasteiger partial charge on any atom is 0.306 e. The van der Waals surface area contributed by atoms with E-state index in [1.54, 1.807) is 0 Å². The monoisotopic (exact) mass is 1160 g/mol. The zero-order valence-electron chi connectivity index (χ0n) is 54.2. The van der Waals surface area contributed by atoms with Gasteiger partial charge in [-0.1, -0.05) is 272 Å². The maximum atomic E-state index is 13.6. The molecule has 0 bridgehead atoms. The first-order valence-corrected chi connectivity index (χ1v) is 35.5. The SMILES string of the molecule is CC/C=C/C/C=C/C/C=C/CCCCCCCCC(=O)NC(COP(=O)([O-])OCC[N+](C)(C)C)C(/C=C\CCCCCCCCCCCCC)OC(=O)CCCCCCCCCCCCC/C=C\C/C=C\C/C=C\C/C=C\CCCCC. The smallest absolute Gasteiger partial charge is 0.306 e. The normalized spacial score (nSPS) is 14.2. The van der Waals surface area contributed by atoms with Gasteiger partial charge < -0.3 is 28.5 Å². The molecule has 0 aliphatic carbocycles. The molecule has 0 fully saturated rings. The summed E-state index contributed by atoms with van der Waals surface area (Å²) in [6.07, 6.45) is 82.4. The molecule has 0 spiro atoms. The lowest BCUT2D eigenvalue weighted by Gasteiger charge is -2.30. The van der Waals surface area contributed by atoms with E-state index in [0.717, 1.165) is 128 Å². The first kappa shape index (κ1) is 78.9. The number of nitrogens with one attached hydrogen (secondary N) is 1. The second-order valence-electron chi connectivity index (χ2n) is 23.9. The predicted molar refractivity (Wildman–Crippen MR) is 353 cm³/mol. The Hall–Kier alpha value is -3.07. The Morgan fingerprint density at radius 3 is 1.20 bits per heavy atom. The number of phosphoric ester groups is 1. The van der Waals surface area contributed by atoms with Crippen LogP contribution in [0.15, 0.2) is 97.2 Å². The number of esters is 1. The van der Waals surface area contributed by atoms with Crippen LogP contribution in [0.3, 0.4) is 0 Å². The predicted octanol–water partition coefficient (Wildman–Crippen LogP) is 20.9. The fourth-order valence-corrected chi connectivity index (χ4v) is 10.2. The largest absolute Gasteiger partial charge is 0.756 e. The van der Waals surface area contributed by atoms with E-state index in [4.69, 9.17) is 13.8 Å². The van der Waals surface area contributed by atoms with Crippen molar-refractivity contribution >= 4 is 19.7 Å². The molecule has 0 saturated carbocycles. The molecule has 82 heavy (non-hydrogen) atoms. The summed E-state index contributed by atoms with van der Waals surface area (Å²) in [5.41, 5.74) is 0. The number of likely N-dealkylation sites (N-methyl/N-ethyl adjacent to an activating group) is 1. The lowest BCUT2D eigenvalue weighted by molar-refractivity contribution is -0.870. The number of ether oxygens (including phenoxy) is 1. The summed E-state index contributed by atoms with van der Waals surface area (Å²) in [6.45, 7) is 6.71. The van der Waals surface area contributed by atoms with Crippen LogP contribution in [0.4, 0.5) is 0 Å². The zero-order valence-corrected chi connectivity index (χ0v) is 55.1. The molecule has 0 heterocycles. The molecule has 0 aliphatic rings. The van der Waals surface area contributed by atoms with Crippen LogP contribution in [0.5, 0.6) is 0 Å². The highest BCUT2D eigenvalue weighted by Crippen LogP contribution is 2.38. The van der Waals surface area contributed by atoms with Crippen LogP contribution >= 0.6 is 7.82 Å². The summed E-state index contributed by atoms with van der Waals surface area (Å²) in [5.74, 6) is -0.558. The van der Waals surface area contributed by atoms with Crippen molar-refractivity contribution < 1.29 is 37.3 Å². The molecule has 474 valence electrons. The number of nitrogens with zero attached hydrogens (tertiary/aromatic N) is 1. The highest BCUT2D eigenvalue weighted by atomic mass is 31.2. The number of amides is 1. The number of carbonyl (C=O) groups is 2. The summed E-state index contributed by atoms with van der Waals surface area (Å²) in [4.78, 5) is 40.1. The molecule has 0 saturated heterocycles.